The SMILES string of the molecule is CC(C)(C)OC(=O)C(Cc1cscn1)CN1CCC2(CC1)OCCc1ccc(F)cc12. The molecule has 2 aliphatic rings. The minimum Gasteiger partial charge on any atom is -0.460 e. The maximum Gasteiger partial charge on any atom is 0.311 e. The topological polar surface area (TPSA) is 51.7 Å². The molecular weight excluding hydrogens is 415 g/mol. The van der Waals surface area contributed by atoms with Crippen LogP contribution in [-0.4, -0.2) is 47.7 Å². The van der Waals surface area contributed by atoms with Crippen LogP contribution in [0.1, 0.15) is 50.4 Å². The van der Waals surface area contributed by atoms with Gasteiger partial charge in [-0.05, 0) is 63.3 Å². The number of nitrogens with zero attached hydrogens (tertiary/aromatic N) is 2. The number of hydrogen-bond donors (Lipinski definition) is 0. The maximum atomic E-state index is 14.0. The Hall–Kier alpha value is -1.83. The fraction of sp³-hybridized carbons (Fsp3) is 0.583. The standard InChI is InChI=1S/C24H31FN2O3S/c1-23(2,3)30-22(28)18(12-20-15-31-16-26-20)14-27-9-7-24(8-10-27)21-13-19(25)5-4-17(21)6-11-29-24/h4-5,13,15-16,18H,6-12,14H2,1-3H3. The Labute approximate surface area is 187 Å². The minimum atomic E-state index is -0.521. The summed E-state index contributed by atoms with van der Waals surface area (Å²) in [6, 6.07) is 5.08. The van der Waals surface area contributed by atoms with Crippen LogP contribution in [0.5, 0.6) is 0 Å². The lowest BCUT2D eigenvalue weighted by atomic mass is 9.79. The largest absolute Gasteiger partial charge is 0.460 e. The van der Waals surface area contributed by atoms with Crippen LogP contribution in [0.2, 0.25) is 0 Å². The fourth-order valence-electron chi connectivity index (χ4n) is 4.65. The quantitative estimate of drug-likeness (QED) is 0.640. The summed E-state index contributed by atoms with van der Waals surface area (Å²) >= 11 is 1.54. The molecule has 1 aromatic heterocycles. The van der Waals surface area contributed by atoms with Crippen molar-refractivity contribution in [2.45, 2.75) is 57.7 Å². The first kappa shape index (κ1) is 22.4. The van der Waals surface area contributed by atoms with Gasteiger partial charge in [0.1, 0.15) is 11.4 Å². The molecule has 4 rings (SSSR count). The number of thiazole rings is 1. The van der Waals surface area contributed by atoms with Gasteiger partial charge in [-0.15, -0.1) is 11.3 Å². The van der Waals surface area contributed by atoms with Crippen molar-refractivity contribution in [2.75, 3.05) is 26.2 Å². The number of aromatic nitrogens is 1. The van der Waals surface area contributed by atoms with E-state index in [9.17, 15) is 9.18 Å². The van der Waals surface area contributed by atoms with Gasteiger partial charge in [-0.1, -0.05) is 6.07 Å². The molecule has 2 aliphatic heterocycles. The zero-order valence-electron chi connectivity index (χ0n) is 18.5. The van der Waals surface area contributed by atoms with Gasteiger partial charge in [0.2, 0.25) is 0 Å². The summed E-state index contributed by atoms with van der Waals surface area (Å²) in [7, 11) is 0. The normalized spacial score (nSPS) is 19.7. The minimum absolute atomic E-state index is 0.179. The van der Waals surface area contributed by atoms with Gasteiger partial charge in [0.05, 0.1) is 29.3 Å². The second-order valence-corrected chi connectivity index (χ2v) is 10.3. The molecule has 5 nitrogen and oxygen atoms in total. The van der Waals surface area contributed by atoms with Crippen molar-refractivity contribution in [1.29, 1.82) is 0 Å². The number of piperidine rings is 1. The number of likely N-dealkylation sites (tertiary alicyclic amines) is 1. The molecule has 1 fully saturated rings. The summed E-state index contributed by atoms with van der Waals surface area (Å²) < 4.78 is 25.9. The van der Waals surface area contributed by atoms with Crippen LogP contribution >= 0.6 is 11.3 Å². The number of carbonyl (C=O) groups excluding carboxylic acids is 1. The molecule has 3 heterocycles. The Morgan fingerprint density at radius 2 is 2.13 bits per heavy atom. The van der Waals surface area contributed by atoms with E-state index in [-0.39, 0.29) is 17.7 Å². The zero-order chi connectivity index (χ0) is 22.1. The Kier molecular flexibility index (Phi) is 6.47. The second-order valence-electron chi connectivity index (χ2n) is 9.61. The van der Waals surface area contributed by atoms with Crippen LogP contribution in [0, 0.1) is 11.7 Å². The van der Waals surface area contributed by atoms with Crippen molar-refractivity contribution >= 4 is 17.3 Å². The second kappa shape index (κ2) is 8.96. The highest BCUT2D eigenvalue weighted by Gasteiger charge is 2.41. The van der Waals surface area contributed by atoms with E-state index in [2.05, 4.69) is 9.88 Å². The molecule has 0 bridgehead atoms. The van der Waals surface area contributed by atoms with Gasteiger partial charge in [0, 0.05) is 31.4 Å². The summed E-state index contributed by atoms with van der Waals surface area (Å²) in [6.07, 6.45) is 2.99. The zero-order valence-corrected chi connectivity index (χ0v) is 19.3. The molecule has 0 saturated carbocycles. The predicted molar refractivity (Wildman–Crippen MR) is 119 cm³/mol. The Morgan fingerprint density at radius 3 is 2.81 bits per heavy atom. The molecule has 7 heteroatoms. The Morgan fingerprint density at radius 1 is 1.35 bits per heavy atom. The summed E-state index contributed by atoms with van der Waals surface area (Å²) in [5.41, 5.74) is 3.98. The maximum absolute atomic E-state index is 14.0. The van der Waals surface area contributed by atoms with Crippen LogP contribution in [0.4, 0.5) is 4.39 Å². The molecule has 31 heavy (non-hydrogen) atoms. The number of carbonyl (C=O) groups is 1. The van der Waals surface area contributed by atoms with E-state index in [0.717, 1.165) is 43.6 Å². The van der Waals surface area contributed by atoms with Crippen molar-refractivity contribution in [3.63, 3.8) is 0 Å². The molecule has 1 aromatic carbocycles. The van der Waals surface area contributed by atoms with Gasteiger partial charge in [-0.25, -0.2) is 9.37 Å². The van der Waals surface area contributed by atoms with E-state index in [4.69, 9.17) is 9.47 Å². The van der Waals surface area contributed by atoms with E-state index in [1.165, 1.54) is 23.0 Å². The number of ether oxygens (including phenoxy) is 2. The molecule has 0 aliphatic carbocycles. The van der Waals surface area contributed by atoms with Gasteiger partial charge < -0.3 is 14.4 Å². The van der Waals surface area contributed by atoms with Gasteiger partial charge in [0.25, 0.3) is 0 Å². The lowest BCUT2D eigenvalue weighted by molar-refractivity contribution is -0.161. The summed E-state index contributed by atoms with van der Waals surface area (Å²) in [5.74, 6) is -0.659. The van der Waals surface area contributed by atoms with Crippen molar-refractivity contribution in [3.8, 4) is 0 Å². The third kappa shape index (κ3) is 5.33. The van der Waals surface area contributed by atoms with Gasteiger partial charge in [0.15, 0.2) is 0 Å². The number of halogens is 1. The van der Waals surface area contributed by atoms with Gasteiger partial charge in [-0.2, -0.15) is 0 Å². The molecular formula is C24H31FN2O3S. The first-order valence-electron chi connectivity index (χ1n) is 11.0. The lowest BCUT2D eigenvalue weighted by Gasteiger charge is -2.45. The third-order valence-electron chi connectivity index (χ3n) is 6.13. The van der Waals surface area contributed by atoms with Crippen LogP contribution < -0.4 is 0 Å². The van der Waals surface area contributed by atoms with Crippen molar-refractivity contribution in [3.05, 3.63) is 51.7 Å². The van der Waals surface area contributed by atoms with E-state index in [1.54, 1.807) is 11.6 Å². The Balaban J connectivity index is 1.45. The molecule has 0 amide bonds. The van der Waals surface area contributed by atoms with E-state index in [0.29, 0.717) is 19.6 Å². The molecule has 168 valence electrons. The van der Waals surface area contributed by atoms with Crippen LogP contribution in [0.25, 0.3) is 0 Å². The van der Waals surface area contributed by atoms with Crippen LogP contribution in [0.15, 0.2) is 29.1 Å². The Bertz CT molecular complexity index is 902. The first-order valence-corrected chi connectivity index (χ1v) is 11.9. The average Bonchev–Trinajstić information content (AvgIpc) is 3.22. The van der Waals surface area contributed by atoms with Crippen molar-refractivity contribution in [1.82, 2.24) is 9.88 Å². The highest BCUT2D eigenvalue weighted by molar-refractivity contribution is 7.07. The van der Waals surface area contributed by atoms with Crippen LogP contribution in [-0.2, 0) is 32.7 Å². The first-order chi connectivity index (χ1) is 14.7. The molecule has 0 radical (unpaired) electrons. The molecule has 0 N–H and O–H groups in total. The number of hydrogen-bond acceptors (Lipinski definition) is 6. The fourth-order valence-corrected chi connectivity index (χ4v) is 5.22. The van der Waals surface area contributed by atoms with Crippen molar-refractivity contribution in [2.24, 2.45) is 5.92 Å². The lowest BCUT2D eigenvalue weighted by Crippen LogP contribution is -2.48. The van der Waals surface area contributed by atoms with E-state index < -0.39 is 11.2 Å². The summed E-state index contributed by atoms with van der Waals surface area (Å²) in [6.45, 7) is 8.57. The summed E-state index contributed by atoms with van der Waals surface area (Å²) in [5, 5.41) is 1.99. The molecule has 2 aromatic rings. The molecule has 1 atom stereocenters. The molecule has 1 spiro atoms. The highest BCUT2D eigenvalue weighted by Crippen LogP contribution is 2.42. The van der Waals surface area contributed by atoms with E-state index >= 15 is 0 Å². The van der Waals surface area contributed by atoms with E-state index in [1.807, 2.05) is 32.2 Å². The number of fused-ring (bicyclic) bond motifs is 2. The number of rotatable bonds is 5. The van der Waals surface area contributed by atoms with Crippen LogP contribution in [0.3, 0.4) is 0 Å². The van der Waals surface area contributed by atoms with Gasteiger partial charge in [-0.3, -0.25) is 4.79 Å². The predicted octanol–water partition coefficient (Wildman–Crippen LogP) is 4.35. The smallest absolute Gasteiger partial charge is 0.311 e. The summed E-state index contributed by atoms with van der Waals surface area (Å²) in [4.78, 5) is 19.6. The van der Waals surface area contributed by atoms with Gasteiger partial charge >= 0.3 is 5.97 Å². The molecule has 1 saturated heterocycles. The average molecular weight is 447 g/mol. The molecule has 1 unspecified atom stereocenters. The number of benzene rings is 1. The monoisotopic (exact) mass is 446 g/mol. The number of esters is 1. The van der Waals surface area contributed by atoms with Crippen molar-refractivity contribution < 1.29 is 18.7 Å². The highest BCUT2D eigenvalue weighted by atomic mass is 32.1. The third-order valence-corrected chi connectivity index (χ3v) is 6.77.